The molecule has 0 spiro atoms. The van der Waals surface area contributed by atoms with Gasteiger partial charge in [-0.2, -0.15) is 0 Å². The van der Waals surface area contributed by atoms with Gasteiger partial charge in [0.05, 0.1) is 12.2 Å². The zero-order valence-corrected chi connectivity index (χ0v) is 6.42. The predicted molar refractivity (Wildman–Crippen MR) is 41.7 cm³/mol. The molecule has 1 rings (SSSR count). The van der Waals surface area contributed by atoms with Crippen molar-refractivity contribution in [3.8, 4) is 0 Å². The van der Waals surface area contributed by atoms with E-state index in [4.69, 9.17) is 10.5 Å². The predicted octanol–water partition coefficient (Wildman–Crippen LogP) is 1.07. The van der Waals surface area contributed by atoms with E-state index >= 15 is 0 Å². The molecule has 0 aromatic heterocycles. The molecule has 0 bridgehead atoms. The zero-order chi connectivity index (χ0) is 7.56. The molecule has 0 saturated carbocycles. The van der Waals surface area contributed by atoms with Crippen LogP contribution in [0.4, 0.5) is 0 Å². The van der Waals surface area contributed by atoms with Crippen molar-refractivity contribution in [3.05, 3.63) is 12.7 Å². The van der Waals surface area contributed by atoms with Crippen LogP contribution in [0.25, 0.3) is 0 Å². The van der Waals surface area contributed by atoms with Crippen LogP contribution in [0, 0.1) is 0 Å². The maximum atomic E-state index is 5.70. The van der Waals surface area contributed by atoms with Crippen LogP contribution in [0.15, 0.2) is 12.7 Å². The third-order valence-corrected chi connectivity index (χ3v) is 1.97. The van der Waals surface area contributed by atoms with E-state index in [1.807, 2.05) is 0 Å². The van der Waals surface area contributed by atoms with Crippen LogP contribution in [0.5, 0.6) is 0 Å². The third-order valence-electron chi connectivity index (χ3n) is 1.97. The SMILES string of the molecule is C=CC(N)C1CCC(C)O1. The Morgan fingerprint density at radius 2 is 2.40 bits per heavy atom. The third kappa shape index (κ3) is 1.58. The lowest BCUT2D eigenvalue weighted by Gasteiger charge is -2.14. The minimum Gasteiger partial charge on any atom is -0.373 e. The summed E-state index contributed by atoms with van der Waals surface area (Å²) in [5.41, 5.74) is 5.70. The molecule has 1 saturated heterocycles. The van der Waals surface area contributed by atoms with Gasteiger partial charge in [0, 0.05) is 6.04 Å². The lowest BCUT2D eigenvalue weighted by atomic mass is 10.1. The average Bonchev–Trinajstić information content (AvgIpc) is 2.34. The highest BCUT2D eigenvalue weighted by Gasteiger charge is 2.25. The fourth-order valence-electron chi connectivity index (χ4n) is 1.27. The maximum absolute atomic E-state index is 5.70. The van der Waals surface area contributed by atoms with Gasteiger partial charge in [0.15, 0.2) is 0 Å². The monoisotopic (exact) mass is 141 g/mol. The van der Waals surface area contributed by atoms with Crippen LogP contribution >= 0.6 is 0 Å². The number of rotatable bonds is 2. The fraction of sp³-hybridized carbons (Fsp3) is 0.750. The molecule has 0 radical (unpaired) electrons. The molecule has 0 aromatic rings. The number of hydrogen-bond acceptors (Lipinski definition) is 2. The molecule has 58 valence electrons. The summed E-state index contributed by atoms with van der Waals surface area (Å²) < 4.78 is 5.52. The minimum atomic E-state index is 0.0185. The molecule has 2 N–H and O–H groups in total. The molecule has 1 heterocycles. The summed E-state index contributed by atoms with van der Waals surface area (Å²) in [4.78, 5) is 0. The van der Waals surface area contributed by atoms with Crippen molar-refractivity contribution >= 4 is 0 Å². The normalized spacial score (nSPS) is 35.8. The molecule has 1 aliphatic rings. The number of hydrogen-bond donors (Lipinski definition) is 1. The Kier molecular flexibility index (Phi) is 2.46. The van der Waals surface area contributed by atoms with Gasteiger partial charge in [-0.1, -0.05) is 6.08 Å². The first kappa shape index (κ1) is 7.76. The zero-order valence-electron chi connectivity index (χ0n) is 6.42. The van der Waals surface area contributed by atoms with Gasteiger partial charge < -0.3 is 10.5 Å². The molecule has 3 atom stereocenters. The molecule has 1 fully saturated rings. The lowest BCUT2D eigenvalue weighted by Crippen LogP contribution is -2.32. The van der Waals surface area contributed by atoms with Crippen LogP contribution in [0.2, 0.25) is 0 Å². The topological polar surface area (TPSA) is 35.2 Å². The summed E-state index contributed by atoms with van der Waals surface area (Å²) in [5, 5.41) is 0. The average molecular weight is 141 g/mol. The van der Waals surface area contributed by atoms with Crippen molar-refractivity contribution < 1.29 is 4.74 Å². The van der Waals surface area contributed by atoms with Crippen molar-refractivity contribution in [1.82, 2.24) is 0 Å². The van der Waals surface area contributed by atoms with E-state index < -0.39 is 0 Å². The standard InChI is InChI=1S/C8H15NO/c1-3-7(9)8-5-4-6(2)10-8/h3,6-8H,1,4-5,9H2,2H3. The first-order valence-corrected chi connectivity index (χ1v) is 3.77. The van der Waals surface area contributed by atoms with Crippen molar-refractivity contribution in [1.29, 1.82) is 0 Å². The molecule has 0 aromatic carbocycles. The summed E-state index contributed by atoms with van der Waals surface area (Å²) >= 11 is 0. The Morgan fingerprint density at radius 1 is 1.70 bits per heavy atom. The quantitative estimate of drug-likeness (QED) is 0.584. The van der Waals surface area contributed by atoms with Gasteiger partial charge in [0.1, 0.15) is 0 Å². The van der Waals surface area contributed by atoms with Crippen LogP contribution in [0.3, 0.4) is 0 Å². The number of nitrogens with two attached hydrogens (primary N) is 1. The molecule has 10 heavy (non-hydrogen) atoms. The first-order valence-electron chi connectivity index (χ1n) is 3.77. The van der Waals surface area contributed by atoms with E-state index in [2.05, 4.69) is 13.5 Å². The van der Waals surface area contributed by atoms with Crippen molar-refractivity contribution in [3.63, 3.8) is 0 Å². The molecular weight excluding hydrogens is 126 g/mol. The highest BCUT2D eigenvalue weighted by atomic mass is 16.5. The van der Waals surface area contributed by atoms with Gasteiger partial charge in [0.25, 0.3) is 0 Å². The molecule has 2 heteroatoms. The Labute approximate surface area is 62.1 Å². The summed E-state index contributed by atoms with van der Waals surface area (Å²) in [6.45, 7) is 5.70. The van der Waals surface area contributed by atoms with Crippen molar-refractivity contribution in [2.24, 2.45) is 5.73 Å². The summed E-state index contributed by atoms with van der Waals surface area (Å²) in [7, 11) is 0. The van der Waals surface area contributed by atoms with Gasteiger partial charge in [-0.25, -0.2) is 0 Å². The smallest absolute Gasteiger partial charge is 0.0766 e. The van der Waals surface area contributed by atoms with E-state index in [0.717, 1.165) is 12.8 Å². The Balaban J connectivity index is 2.36. The van der Waals surface area contributed by atoms with Crippen LogP contribution in [-0.4, -0.2) is 18.2 Å². The molecule has 0 amide bonds. The second-order valence-electron chi connectivity index (χ2n) is 2.88. The van der Waals surface area contributed by atoms with E-state index in [1.165, 1.54) is 0 Å². The molecule has 2 nitrogen and oxygen atoms in total. The first-order chi connectivity index (χ1) is 4.74. The van der Waals surface area contributed by atoms with Gasteiger partial charge in [-0.15, -0.1) is 6.58 Å². The summed E-state index contributed by atoms with van der Waals surface area (Å²) in [6.07, 6.45) is 4.56. The fourth-order valence-corrected chi connectivity index (χ4v) is 1.27. The van der Waals surface area contributed by atoms with Crippen LogP contribution in [0.1, 0.15) is 19.8 Å². The van der Waals surface area contributed by atoms with E-state index in [-0.39, 0.29) is 12.1 Å². The highest BCUT2D eigenvalue weighted by Crippen LogP contribution is 2.20. The second-order valence-corrected chi connectivity index (χ2v) is 2.88. The lowest BCUT2D eigenvalue weighted by molar-refractivity contribution is 0.0490. The Bertz CT molecular complexity index is 124. The van der Waals surface area contributed by atoms with Gasteiger partial charge >= 0.3 is 0 Å². The van der Waals surface area contributed by atoms with Crippen LogP contribution in [-0.2, 0) is 4.74 Å². The van der Waals surface area contributed by atoms with E-state index in [0.29, 0.717) is 6.10 Å². The van der Waals surface area contributed by atoms with Crippen molar-refractivity contribution in [2.75, 3.05) is 0 Å². The van der Waals surface area contributed by atoms with Gasteiger partial charge in [-0.3, -0.25) is 0 Å². The molecule has 0 aliphatic carbocycles. The molecule has 3 unspecified atom stereocenters. The largest absolute Gasteiger partial charge is 0.373 e. The second kappa shape index (κ2) is 3.17. The molecule has 1 aliphatic heterocycles. The van der Waals surface area contributed by atoms with Crippen molar-refractivity contribution in [2.45, 2.75) is 38.0 Å². The van der Waals surface area contributed by atoms with Gasteiger partial charge in [-0.05, 0) is 19.8 Å². The Morgan fingerprint density at radius 3 is 2.80 bits per heavy atom. The summed E-state index contributed by atoms with van der Waals surface area (Å²) in [6, 6.07) is 0.0185. The van der Waals surface area contributed by atoms with Gasteiger partial charge in [0.2, 0.25) is 0 Å². The van der Waals surface area contributed by atoms with Crippen LogP contribution < -0.4 is 5.73 Å². The van der Waals surface area contributed by atoms with E-state index in [1.54, 1.807) is 6.08 Å². The number of ether oxygens (including phenoxy) is 1. The van der Waals surface area contributed by atoms with E-state index in [9.17, 15) is 0 Å². The Hall–Kier alpha value is -0.340. The minimum absolute atomic E-state index is 0.0185. The highest BCUT2D eigenvalue weighted by molar-refractivity contribution is 4.91. The maximum Gasteiger partial charge on any atom is 0.0766 e. The summed E-state index contributed by atoms with van der Waals surface area (Å²) in [5.74, 6) is 0. The molecular formula is C8H15NO.